The van der Waals surface area contributed by atoms with Gasteiger partial charge in [0.2, 0.25) is 5.76 Å². The highest BCUT2D eigenvalue weighted by atomic mass is 79.9. The summed E-state index contributed by atoms with van der Waals surface area (Å²) >= 11 is 3.41. The van der Waals surface area contributed by atoms with E-state index < -0.39 is 18.5 Å². The number of anilines is 1. The van der Waals surface area contributed by atoms with Crippen molar-refractivity contribution in [2.45, 2.75) is 27.7 Å². The van der Waals surface area contributed by atoms with Gasteiger partial charge in [-0.15, -0.1) is 0 Å². The minimum absolute atomic E-state index is 0.0884. The first-order chi connectivity index (χ1) is 15.2. The van der Waals surface area contributed by atoms with Crippen molar-refractivity contribution >= 4 is 44.5 Å². The molecule has 2 heterocycles. The van der Waals surface area contributed by atoms with Crippen molar-refractivity contribution < 1.29 is 18.7 Å². The molecule has 0 aliphatic rings. The van der Waals surface area contributed by atoms with E-state index in [1.165, 1.54) is 0 Å². The summed E-state index contributed by atoms with van der Waals surface area (Å²) in [6, 6.07) is 13.4. The van der Waals surface area contributed by atoms with E-state index in [4.69, 9.17) is 9.15 Å². The number of ether oxygens (including phenoxy) is 1. The third-order valence-electron chi connectivity index (χ3n) is 5.25. The van der Waals surface area contributed by atoms with Gasteiger partial charge in [0, 0.05) is 15.4 Å². The fourth-order valence-electron chi connectivity index (χ4n) is 3.52. The van der Waals surface area contributed by atoms with Crippen molar-refractivity contribution in [2.24, 2.45) is 0 Å². The van der Waals surface area contributed by atoms with Crippen LogP contribution in [-0.4, -0.2) is 28.3 Å². The van der Waals surface area contributed by atoms with Crippen LogP contribution in [0.3, 0.4) is 0 Å². The molecule has 0 radical (unpaired) electrons. The number of rotatable bonds is 5. The maximum Gasteiger partial charge on any atom is 0.375 e. The highest BCUT2D eigenvalue weighted by Gasteiger charge is 2.21. The van der Waals surface area contributed by atoms with E-state index in [0.29, 0.717) is 22.5 Å². The molecule has 1 amide bonds. The molecule has 4 aromatic rings. The van der Waals surface area contributed by atoms with Gasteiger partial charge in [-0.1, -0.05) is 33.6 Å². The van der Waals surface area contributed by atoms with Gasteiger partial charge in [0.25, 0.3) is 5.91 Å². The topological polar surface area (TPSA) is 86.4 Å². The molecule has 7 nitrogen and oxygen atoms in total. The molecule has 0 aliphatic carbocycles. The predicted octanol–water partition coefficient (Wildman–Crippen LogP) is 5.41. The van der Waals surface area contributed by atoms with Gasteiger partial charge in [0.05, 0.1) is 22.8 Å². The first-order valence-corrected chi connectivity index (χ1v) is 10.8. The number of amides is 1. The lowest BCUT2D eigenvalue weighted by Crippen LogP contribution is -2.21. The first-order valence-electron chi connectivity index (χ1n) is 10.0. The molecule has 4 rings (SSSR count). The molecule has 164 valence electrons. The normalized spacial score (nSPS) is 11.0. The minimum atomic E-state index is -0.686. The number of aromatic nitrogens is 2. The molecule has 0 saturated carbocycles. The van der Waals surface area contributed by atoms with E-state index in [0.717, 1.165) is 26.8 Å². The molecule has 0 spiro atoms. The molecule has 0 atom stereocenters. The van der Waals surface area contributed by atoms with Crippen LogP contribution in [0.5, 0.6) is 0 Å². The van der Waals surface area contributed by atoms with Gasteiger partial charge in [-0.05, 0) is 58.0 Å². The second kappa shape index (κ2) is 8.63. The summed E-state index contributed by atoms with van der Waals surface area (Å²) in [5.41, 5.74) is 5.34. The summed E-state index contributed by atoms with van der Waals surface area (Å²) in [6.45, 7) is 7.05. The number of furan rings is 1. The Kier molecular flexibility index (Phi) is 5.88. The molecule has 0 unspecified atom stereocenters. The molecular weight excluding hydrogens is 474 g/mol. The average Bonchev–Trinajstić information content (AvgIpc) is 3.24. The van der Waals surface area contributed by atoms with Crippen LogP contribution in [0.25, 0.3) is 16.7 Å². The Morgan fingerprint density at radius 2 is 1.81 bits per heavy atom. The molecule has 0 fully saturated rings. The van der Waals surface area contributed by atoms with Crippen molar-refractivity contribution in [1.29, 1.82) is 0 Å². The van der Waals surface area contributed by atoms with Crippen LogP contribution >= 0.6 is 15.9 Å². The SMILES string of the molecule is Cc1ccc(-n2nc(C)c(NC(=O)COC(=O)c3oc4ccc(Br)cc4c3C)c2C)cc1. The fourth-order valence-corrected chi connectivity index (χ4v) is 3.88. The van der Waals surface area contributed by atoms with Crippen molar-refractivity contribution in [3.8, 4) is 5.69 Å². The number of fused-ring (bicyclic) bond motifs is 1. The minimum Gasteiger partial charge on any atom is -0.450 e. The zero-order valence-corrected chi connectivity index (χ0v) is 19.7. The highest BCUT2D eigenvalue weighted by molar-refractivity contribution is 9.10. The van der Waals surface area contributed by atoms with Crippen LogP contribution in [0.1, 0.15) is 33.1 Å². The van der Waals surface area contributed by atoms with E-state index in [-0.39, 0.29) is 5.76 Å². The second-order valence-corrected chi connectivity index (χ2v) is 8.53. The molecule has 2 aromatic carbocycles. The van der Waals surface area contributed by atoms with Gasteiger partial charge in [0.1, 0.15) is 5.58 Å². The van der Waals surface area contributed by atoms with E-state index in [2.05, 4.69) is 26.3 Å². The molecule has 0 bridgehead atoms. The number of halogens is 1. The van der Waals surface area contributed by atoms with Gasteiger partial charge in [0.15, 0.2) is 6.61 Å². The number of carbonyl (C=O) groups is 2. The zero-order valence-electron chi connectivity index (χ0n) is 18.2. The lowest BCUT2D eigenvalue weighted by molar-refractivity contribution is -0.119. The average molecular weight is 496 g/mol. The number of esters is 1. The number of hydrogen-bond donors (Lipinski definition) is 1. The number of hydrogen-bond acceptors (Lipinski definition) is 5. The Labute approximate surface area is 193 Å². The van der Waals surface area contributed by atoms with Crippen molar-refractivity contribution in [3.63, 3.8) is 0 Å². The Balaban J connectivity index is 1.45. The number of carbonyl (C=O) groups excluding carboxylic acids is 2. The largest absolute Gasteiger partial charge is 0.450 e. The van der Waals surface area contributed by atoms with Crippen LogP contribution in [0.4, 0.5) is 5.69 Å². The number of nitrogens with one attached hydrogen (secondary N) is 1. The van der Waals surface area contributed by atoms with Crippen LogP contribution in [-0.2, 0) is 9.53 Å². The van der Waals surface area contributed by atoms with Crippen LogP contribution in [0, 0.1) is 27.7 Å². The number of nitrogens with zero attached hydrogens (tertiary/aromatic N) is 2. The Morgan fingerprint density at radius 3 is 2.53 bits per heavy atom. The summed E-state index contributed by atoms with van der Waals surface area (Å²) in [5, 5.41) is 8.13. The Morgan fingerprint density at radius 1 is 1.09 bits per heavy atom. The summed E-state index contributed by atoms with van der Waals surface area (Å²) < 4.78 is 13.5. The van der Waals surface area contributed by atoms with E-state index in [1.807, 2.05) is 57.2 Å². The van der Waals surface area contributed by atoms with Gasteiger partial charge in [-0.2, -0.15) is 5.10 Å². The van der Waals surface area contributed by atoms with Crippen LogP contribution in [0.2, 0.25) is 0 Å². The smallest absolute Gasteiger partial charge is 0.375 e. The molecular formula is C24H22BrN3O4. The molecule has 0 saturated heterocycles. The maximum atomic E-state index is 12.5. The molecule has 8 heteroatoms. The van der Waals surface area contributed by atoms with E-state index in [9.17, 15) is 9.59 Å². The van der Waals surface area contributed by atoms with Crippen molar-refractivity contribution in [3.05, 3.63) is 75.2 Å². The lowest BCUT2D eigenvalue weighted by atomic mass is 10.1. The van der Waals surface area contributed by atoms with Crippen LogP contribution in [0.15, 0.2) is 51.4 Å². The van der Waals surface area contributed by atoms with Crippen molar-refractivity contribution in [2.75, 3.05) is 11.9 Å². The Hall–Kier alpha value is -3.39. The first kappa shape index (κ1) is 21.8. The van der Waals surface area contributed by atoms with E-state index >= 15 is 0 Å². The van der Waals surface area contributed by atoms with Gasteiger partial charge < -0.3 is 14.5 Å². The zero-order chi connectivity index (χ0) is 23.0. The number of aryl methyl sites for hydroxylation is 3. The third-order valence-corrected chi connectivity index (χ3v) is 5.75. The summed E-state index contributed by atoms with van der Waals surface area (Å²) in [6.07, 6.45) is 0. The predicted molar refractivity (Wildman–Crippen MR) is 125 cm³/mol. The second-order valence-electron chi connectivity index (χ2n) is 7.61. The molecule has 0 aliphatic heterocycles. The quantitative estimate of drug-likeness (QED) is 0.374. The lowest BCUT2D eigenvalue weighted by Gasteiger charge is -2.08. The van der Waals surface area contributed by atoms with Gasteiger partial charge in [-0.3, -0.25) is 4.79 Å². The van der Waals surface area contributed by atoms with Crippen LogP contribution < -0.4 is 5.32 Å². The summed E-state index contributed by atoms with van der Waals surface area (Å²) in [7, 11) is 0. The third kappa shape index (κ3) is 4.18. The van der Waals surface area contributed by atoms with Gasteiger partial charge >= 0.3 is 5.97 Å². The molecule has 2 aromatic heterocycles. The number of benzene rings is 2. The Bertz CT molecular complexity index is 1340. The van der Waals surface area contributed by atoms with Gasteiger partial charge in [-0.25, -0.2) is 9.48 Å². The van der Waals surface area contributed by atoms with Crippen molar-refractivity contribution in [1.82, 2.24) is 9.78 Å². The highest BCUT2D eigenvalue weighted by Crippen LogP contribution is 2.28. The summed E-state index contributed by atoms with van der Waals surface area (Å²) in [5.74, 6) is -1.05. The van der Waals surface area contributed by atoms with E-state index in [1.54, 1.807) is 17.7 Å². The fraction of sp³-hybridized carbons (Fsp3) is 0.208. The summed E-state index contributed by atoms with van der Waals surface area (Å²) in [4.78, 5) is 25.0. The molecule has 32 heavy (non-hydrogen) atoms. The monoisotopic (exact) mass is 495 g/mol. The standard InChI is InChI=1S/C24H22BrN3O4/c1-13-5-8-18(9-6-13)28-16(4)22(15(3)27-28)26-21(29)12-31-24(30)23-14(2)19-11-17(25)7-10-20(19)32-23/h5-11H,12H2,1-4H3,(H,26,29). The molecule has 1 N–H and O–H groups in total. The maximum absolute atomic E-state index is 12.5.